The van der Waals surface area contributed by atoms with Crippen molar-refractivity contribution in [2.24, 2.45) is 0 Å². The molecular weight excluding hydrogens is 315 g/mol. The van der Waals surface area contributed by atoms with E-state index in [1.165, 1.54) is 17.3 Å². The van der Waals surface area contributed by atoms with Crippen LogP contribution in [-0.2, 0) is 0 Å². The number of halogens is 1. The fraction of sp³-hybridized carbons (Fsp3) is 0.750. The van der Waals surface area contributed by atoms with Crippen LogP contribution in [0.25, 0.3) is 5.57 Å². The maximum absolute atomic E-state index is 13.1. The number of alkyl halides is 1. The van der Waals surface area contributed by atoms with Crippen molar-refractivity contribution in [3.8, 4) is 5.88 Å². The average Bonchev–Trinajstić information content (AvgIpc) is 3.16. The highest BCUT2D eigenvalue weighted by atomic mass is 32.1. The van der Waals surface area contributed by atoms with Crippen molar-refractivity contribution in [1.29, 1.82) is 0 Å². The van der Waals surface area contributed by atoms with Crippen molar-refractivity contribution in [1.82, 2.24) is 18.5 Å². The van der Waals surface area contributed by atoms with Crippen molar-refractivity contribution in [2.45, 2.75) is 31.9 Å². The smallest absolute Gasteiger partial charge is 0.253 e. The van der Waals surface area contributed by atoms with Gasteiger partial charge in [0.15, 0.2) is 0 Å². The standard InChI is InChI=1S/C16H25FN4OS/c1-20-7-4-5-13(11-20)15-16(19-23-18-15)22-10-3-2-8-21-9-6-14(17)12-21/h5,14H,2-4,6-12H2,1H3/t14-/m0/s1. The number of nitrogens with zero attached hydrogens (tertiary/aromatic N) is 4. The van der Waals surface area contributed by atoms with Gasteiger partial charge in [-0.15, -0.1) is 4.37 Å². The minimum Gasteiger partial charge on any atom is -0.475 e. The lowest BCUT2D eigenvalue weighted by Gasteiger charge is -2.22. The predicted molar refractivity (Wildman–Crippen MR) is 90.7 cm³/mol. The molecule has 1 fully saturated rings. The Morgan fingerprint density at radius 1 is 1.35 bits per heavy atom. The minimum atomic E-state index is -0.628. The molecule has 23 heavy (non-hydrogen) atoms. The quantitative estimate of drug-likeness (QED) is 0.713. The van der Waals surface area contributed by atoms with Gasteiger partial charge in [-0.1, -0.05) is 6.08 Å². The van der Waals surface area contributed by atoms with Gasteiger partial charge in [-0.2, -0.15) is 4.37 Å². The number of hydrogen-bond donors (Lipinski definition) is 0. The van der Waals surface area contributed by atoms with Crippen LogP contribution in [0.2, 0.25) is 0 Å². The molecule has 1 aromatic heterocycles. The molecule has 3 rings (SSSR count). The van der Waals surface area contributed by atoms with E-state index < -0.39 is 6.17 Å². The maximum atomic E-state index is 13.1. The number of hydrogen-bond acceptors (Lipinski definition) is 6. The third-order valence-corrected chi connectivity index (χ3v) is 4.94. The second-order valence-corrected chi connectivity index (χ2v) is 6.94. The Balaban J connectivity index is 1.41. The molecule has 0 bridgehead atoms. The van der Waals surface area contributed by atoms with Gasteiger partial charge in [-0.05, 0) is 44.8 Å². The lowest BCUT2D eigenvalue weighted by molar-refractivity contribution is 0.260. The summed E-state index contributed by atoms with van der Waals surface area (Å²) in [6, 6.07) is 0. The second-order valence-electron chi connectivity index (χ2n) is 6.42. The van der Waals surface area contributed by atoms with Gasteiger partial charge in [-0.3, -0.25) is 0 Å². The van der Waals surface area contributed by atoms with E-state index in [0.717, 1.165) is 51.1 Å². The van der Waals surface area contributed by atoms with E-state index in [9.17, 15) is 4.39 Å². The Morgan fingerprint density at radius 2 is 2.26 bits per heavy atom. The first-order chi connectivity index (χ1) is 11.2. The van der Waals surface area contributed by atoms with Gasteiger partial charge in [0.1, 0.15) is 11.9 Å². The van der Waals surface area contributed by atoms with Crippen LogP contribution in [0.1, 0.15) is 31.4 Å². The summed E-state index contributed by atoms with van der Waals surface area (Å²) < 4.78 is 27.6. The molecule has 2 aliphatic rings. The molecule has 0 N–H and O–H groups in total. The number of likely N-dealkylation sites (N-methyl/N-ethyl adjacent to an activating group) is 1. The Labute approximate surface area is 141 Å². The fourth-order valence-electron chi connectivity index (χ4n) is 3.13. The summed E-state index contributed by atoms with van der Waals surface area (Å²) in [5, 5.41) is 0. The van der Waals surface area contributed by atoms with Crippen LogP contribution in [0.4, 0.5) is 4.39 Å². The van der Waals surface area contributed by atoms with Crippen molar-refractivity contribution in [3.63, 3.8) is 0 Å². The molecule has 128 valence electrons. The van der Waals surface area contributed by atoms with Crippen molar-refractivity contribution >= 4 is 17.3 Å². The van der Waals surface area contributed by atoms with Crippen LogP contribution >= 0.6 is 11.7 Å². The number of likely N-dealkylation sites (tertiary alicyclic amines) is 1. The monoisotopic (exact) mass is 340 g/mol. The van der Waals surface area contributed by atoms with Gasteiger partial charge in [0.25, 0.3) is 5.88 Å². The Morgan fingerprint density at radius 3 is 3.04 bits per heavy atom. The summed E-state index contributed by atoms with van der Waals surface area (Å²) in [4.78, 5) is 4.48. The molecule has 1 atom stereocenters. The maximum Gasteiger partial charge on any atom is 0.253 e. The van der Waals surface area contributed by atoms with Gasteiger partial charge in [0.2, 0.25) is 0 Å². The number of ether oxygens (including phenoxy) is 1. The predicted octanol–water partition coefficient (Wildman–Crippen LogP) is 2.46. The van der Waals surface area contributed by atoms with E-state index in [4.69, 9.17) is 4.74 Å². The Kier molecular flexibility index (Phi) is 5.96. The first-order valence-corrected chi connectivity index (χ1v) is 9.15. The highest BCUT2D eigenvalue weighted by Gasteiger charge is 2.21. The molecule has 2 aliphatic heterocycles. The second kappa shape index (κ2) is 8.17. The van der Waals surface area contributed by atoms with E-state index >= 15 is 0 Å². The number of rotatable bonds is 7. The topological polar surface area (TPSA) is 41.5 Å². The lowest BCUT2D eigenvalue weighted by Crippen LogP contribution is -2.25. The Hall–Kier alpha value is -1.05. The van der Waals surface area contributed by atoms with E-state index in [1.807, 2.05) is 0 Å². The van der Waals surface area contributed by atoms with E-state index in [0.29, 0.717) is 25.5 Å². The molecule has 0 aromatic carbocycles. The number of aromatic nitrogens is 2. The van der Waals surface area contributed by atoms with Crippen LogP contribution in [0, 0.1) is 0 Å². The summed E-state index contributed by atoms with van der Waals surface area (Å²) in [7, 11) is 2.12. The molecule has 0 aliphatic carbocycles. The summed E-state index contributed by atoms with van der Waals surface area (Å²) in [6.07, 6.45) is 5.35. The molecule has 3 heterocycles. The van der Waals surface area contributed by atoms with Crippen LogP contribution in [0.3, 0.4) is 0 Å². The average molecular weight is 340 g/mol. The van der Waals surface area contributed by atoms with Gasteiger partial charge in [-0.25, -0.2) is 4.39 Å². The summed E-state index contributed by atoms with van der Waals surface area (Å²) in [5.41, 5.74) is 2.12. The fourth-order valence-corrected chi connectivity index (χ4v) is 3.66. The molecule has 0 saturated carbocycles. The van der Waals surface area contributed by atoms with Crippen LogP contribution in [0.15, 0.2) is 6.08 Å². The first kappa shape index (κ1) is 16.8. The van der Waals surface area contributed by atoms with Crippen molar-refractivity contribution < 1.29 is 9.13 Å². The van der Waals surface area contributed by atoms with Gasteiger partial charge >= 0.3 is 0 Å². The van der Waals surface area contributed by atoms with Crippen molar-refractivity contribution in [3.05, 3.63) is 11.8 Å². The van der Waals surface area contributed by atoms with E-state index in [1.54, 1.807) is 0 Å². The zero-order valence-electron chi connectivity index (χ0n) is 13.7. The molecule has 1 saturated heterocycles. The van der Waals surface area contributed by atoms with Crippen LogP contribution in [0.5, 0.6) is 5.88 Å². The van der Waals surface area contributed by atoms with Crippen molar-refractivity contribution in [2.75, 3.05) is 46.4 Å². The molecular formula is C16H25FN4OS. The van der Waals surface area contributed by atoms with E-state index in [2.05, 4.69) is 31.7 Å². The number of unbranched alkanes of at least 4 members (excludes halogenated alkanes) is 1. The molecule has 7 heteroatoms. The van der Waals surface area contributed by atoms with Gasteiger partial charge in [0.05, 0.1) is 18.3 Å². The largest absolute Gasteiger partial charge is 0.475 e. The third kappa shape index (κ3) is 4.71. The Bertz CT molecular complexity index is 536. The highest BCUT2D eigenvalue weighted by Crippen LogP contribution is 2.27. The summed E-state index contributed by atoms with van der Waals surface area (Å²) in [6.45, 7) is 5.09. The van der Waals surface area contributed by atoms with Crippen LogP contribution in [-0.4, -0.2) is 71.1 Å². The van der Waals surface area contributed by atoms with Gasteiger partial charge in [0, 0.05) is 26.2 Å². The molecule has 5 nitrogen and oxygen atoms in total. The molecule has 0 spiro atoms. The molecule has 1 aromatic rings. The van der Waals surface area contributed by atoms with Crippen LogP contribution < -0.4 is 4.74 Å². The lowest BCUT2D eigenvalue weighted by atomic mass is 10.1. The molecule has 0 unspecified atom stereocenters. The molecule has 0 radical (unpaired) electrons. The summed E-state index contributed by atoms with van der Waals surface area (Å²) in [5.74, 6) is 0.668. The first-order valence-electron chi connectivity index (χ1n) is 8.42. The minimum absolute atomic E-state index is 0.600. The zero-order valence-corrected chi connectivity index (χ0v) is 14.5. The SMILES string of the molecule is CN1CCC=C(c2nsnc2OCCCCN2CC[C@H](F)C2)C1. The summed E-state index contributed by atoms with van der Waals surface area (Å²) >= 11 is 1.21. The normalized spacial score (nSPS) is 23.2. The van der Waals surface area contributed by atoms with Gasteiger partial charge < -0.3 is 14.5 Å². The zero-order chi connectivity index (χ0) is 16.1. The molecule has 0 amide bonds. The highest BCUT2D eigenvalue weighted by molar-refractivity contribution is 6.99. The van der Waals surface area contributed by atoms with E-state index in [-0.39, 0.29) is 0 Å². The third-order valence-electron chi connectivity index (χ3n) is 4.43.